The first-order chi connectivity index (χ1) is 10.9. The van der Waals surface area contributed by atoms with Crippen LogP contribution in [-0.4, -0.2) is 42.4 Å². The lowest BCUT2D eigenvalue weighted by atomic mass is 10.1. The van der Waals surface area contributed by atoms with Gasteiger partial charge in [0, 0.05) is 31.1 Å². The third-order valence-electron chi connectivity index (χ3n) is 4.58. The van der Waals surface area contributed by atoms with Gasteiger partial charge >= 0.3 is 0 Å². The van der Waals surface area contributed by atoms with Crippen LogP contribution in [0.2, 0.25) is 0 Å². The van der Waals surface area contributed by atoms with Crippen LogP contribution in [0.4, 0.5) is 0 Å². The molecule has 0 radical (unpaired) electrons. The Morgan fingerprint density at radius 2 is 2.17 bits per heavy atom. The summed E-state index contributed by atoms with van der Waals surface area (Å²) in [5.74, 6) is 0.679. The normalized spacial score (nSPS) is 25.3. The molecule has 1 N–H and O–H groups in total. The van der Waals surface area contributed by atoms with E-state index in [2.05, 4.69) is 30.7 Å². The Morgan fingerprint density at radius 1 is 1.39 bits per heavy atom. The number of carbonyl (C=O) groups is 1. The summed E-state index contributed by atoms with van der Waals surface area (Å²) in [4.78, 5) is 12.5. The molecule has 5 heteroatoms. The molecule has 1 saturated carbocycles. The van der Waals surface area contributed by atoms with Crippen molar-refractivity contribution >= 4 is 5.91 Å². The molecule has 0 aromatic carbocycles. The fourth-order valence-electron chi connectivity index (χ4n) is 2.80. The van der Waals surface area contributed by atoms with E-state index in [1.165, 1.54) is 12.8 Å². The van der Waals surface area contributed by atoms with Crippen molar-refractivity contribution in [2.24, 2.45) is 5.92 Å². The minimum Gasteiger partial charge on any atom is -0.379 e. The highest BCUT2D eigenvalue weighted by Crippen LogP contribution is 2.30. The van der Waals surface area contributed by atoms with Gasteiger partial charge in [0.1, 0.15) is 0 Å². The SMILES string of the molecule is CC(C)(C)n1ccc(C(=O)N[C@@H]2COCC[C@@H]2OCC2CC2)c1. The van der Waals surface area contributed by atoms with E-state index < -0.39 is 0 Å². The van der Waals surface area contributed by atoms with Crippen LogP contribution in [-0.2, 0) is 15.0 Å². The molecule has 128 valence electrons. The molecule has 1 saturated heterocycles. The van der Waals surface area contributed by atoms with Gasteiger partial charge in [-0.2, -0.15) is 0 Å². The van der Waals surface area contributed by atoms with Crippen molar-refractivity contribution in [1.29, 1.82) is 0 Å². The number of carbonyl (C=O) groups excluding carboxylic acids is 1. The van der Waals surface area contributed by atoms with E-state index in [-0.39, 0.29) is 23.6 Å². The second-order valence-electron chi connectivity index (χ2n) is 7.74. The van der Waals surface area contributed by atoms with Gasteiger partial charge in [0.25, 0.3) is 5.91 Å². The smallest absolute Gasteiger partial charge is 0.253 e. The minimum atomic E-state index is -0.0620. The maximum Gasteiger partial charge on any atom is 0.253 e. The quantitative estimate of drug-likeness (QED) is 0.907. The van der Waals surface area contributed by atoms with Gasteiger partial charge in [-0.3, -0.25) is 4.79 Å². The van der Waals surface area contributed by atoms with Crippen LogP contribution in [0.15, 0.2) is 18.5 Å². The first-order valence-electron chi connectivity index (χ1n) is 8.62. The predicted octanol–water partition coefficient (Wildman–Crippen LogP) is 2.56. The molecule has 1 aromatic heterocycles. The van der Waals surface area contributed by atoms with Crippen LogP contribution >= 0.6 is 0 Å². The number of hydrogen-bond donors (Lipinski definition) is 1. The number of aromatic nitrogens is 1. The third kappa shape index (κ3) is 4.36. The zero-order valence-electron chi connectivity index (χ0n) is 14.4. The van der Waals surface area contributed by atoms with Gasteiger partial charge in [-0.05, 0) is 52.0 Å². The molecule has 2 aliphatic rings. The Hall–Kier alpha value is -1.33. The second-order valence-corrected chi connectivity index (χ2v) is 7.74. The standard InChI is InChI=1S/C18H28N2O3/c1-18(2,3)20-8-6-14(10-20)17(21)19-15-12-22-9-7-16(15)23-11-13-4-5-13/h6,8,10,13,15-16H,4-5,7,9,11-12H2,1-3H3,(H,19,21)/t15-,16+/m1/s1. The molecule has 0 spiro atoms. The van der Waals surface area contributed by atoms with Crippen molar-refractivity contribution < 1.29 is 14.3 Å². The molecule has 1 aliphatic carbocycles. The Kier molecular flexibility index (Phi) is 4.78. The van der Waals surface area contributed by atoms with Gasteiger partial charge in [-0.1, -0.05) is 0 Å². The average Bonchev–Trinajstić information content (AvgIpc) is 3.18. The van der Waals surface area contributed by atoms with E-state index >= 15 is 0 Å². The summed E-state index contributed by atoms with van der Waals surface area (Å²) < 4.78 is 13.6. The summed E-state index contributed by atoms with van der Waals surface area (Å²) in [7, 11) is 0. The molecule has 1 amide bonds. The molecule has 0 unspecified atom stereocenters. The first kappa shape index (κ1) is 16.5. The van der Waals surface area contributed by atoms with Crippen molar-refractivity contribution in [1.82, 2.24) is 9.88 Å². The highest BCUT2D eigenvalue weighted by molar-refractivity contribution is 5.94. The number of ether oxygens (including phenoxy) is 2. The Bertz CT molecular complexity index is 543. The topological polar surface area (TPSA) is 52.5 Å². The van der Waals surface area contributed by atoms with Gasteiger partial charge in [-0.15, -0.1) is 0 Å². The average molecular weight is 320 g/mol. The molecule has 0 bridgehead atoms. The molecule has 5 nitrogen and oxygen atoms in total. The van der Waals surface area contributed by atoms with Crippen molar-refractivity contribution in [2.45, 2.75) is 57.7 Å². The molecular weight excluding hydrogens is 292 g/mol. The maximum absolute atomic E-state index is 12.5. The number of hydrogen-bond acceptors (Lipinski definition) is 3. The lowest BCUT2D eigenvalue weighted by molar-refractivity contribution is -0.0567. The molecule has 2 fully saturated rings. The van der Waals surface area contributed by atoms with Gasteiger partial charge in [-0.25, -0.2) is 0 Å². The maximum atomic E-state index is 12.5. The summed E-state index contributed by atoms with van der Waals surface area (Å²) in [6, 6.07) is 1.80. The summed E-state index contributed by atoms with van der Waals surface area (Å²) in [5, 5.41) is 3.09. The number of rotatable bonds is 5. The summed E-state index contributed by atoms with van der Waals surface area (Å²) in [6.45, 7) is 8.41. The monoisotopic (exact) mass is 320 g/mol. The van der Waals surface area contributed by atoms with Crippen LogP contribution < -0.4 is 5.32 Å². The van der Waals surface area contributed by atoms with Crippen molar-refractivity contribution in [3.05, 3.63) is 24.0 Å². The van der Waals surface area contributed by atoms with E-state index in [0.29, 0.717) is 18.8 Å². The Balaban J connectivity index is 1.59. The predicted molar refractivity (Wildman–Crippen MR) is 88.6 cm³/mol. The lowest BCUT2D eigenvalue weighted by Gasteiger charge is -2.32. The summed E-state index contributed by atoms with van der Waals surface area (Å²) >= 11 is 0. The number of nitrogens with one attached hydrogen (secondary N) is 1. The lowest BCUT2D eigenvalue weighted by Crippen LogP contribution is -2.50. The molecule has 3 rings (SSSR count). The fourth-order valence-corrected chi connectivity index (χ4v) is 2.80. The number of amides is 1. The molecule has 2 atom stereocenters. The van der Waals surface area contributed by atoms with Crippen molar-refractivity contribution in [3.63, 3.8) is 0 Å². The zero-order chi connectivity index (χ0) is 16.4. The minimum absolute atomic E-state index is 0.0254. The molecule has 1 aromatic rings. The Morgan fingerprint density at radius 3 is 2.83 bits per heavy atom. The molecule has 2 heterocycles. The first-order valence-corrected chi connectivity index (χ1v) is 8.62. The molecule has 23 heavy (non-hydrogen) atoms. The largest absolute Gasteiger partial charge is 0.379 e. The van der Waals surface area contributed by atoms with E-state index in [4.69, 9.17) is 9.47 Å². The summed E-state index contributed by atoms with van der Waals surface area (Å²) in [6.07, 6.45) is 7.33. The third-order valence-corrected chi connectivity index (χ3v) is 4.58. The van der Waals surface area contributed by atoms with E-state index in [1.54, 1.807) is 0 Å². The van der Waals surface area contributed by atoms with E-state index in [9.17, 15) is 4.79 Å². The van der Waals surface area contributed by atoms with Crippen LogP contribution in [0, 0.1) is 5.92 Å². The Labute approximate surface area is 138 Å². The van der Waals surface area contributed by atoms with E-state index in [1.807, 2.05) is 18.5 Å². The van der Waals surface area contributed by atoms with E-state index in [0.717, 1.165) is 18.9 Å². The zero-order valence-corrected chi connectivity index (χ0v) is 14.4. The van der Waals surface area contributed by atoms with Gasteiger partial charge in [0.05, 0.1) is 24.3 Å². The van der Waals surface area contributed by atoms with Gasteiger partial charge < -0.3 is 19.4 Å². The van der Waals surface area contributed by atoms with Gasteiger partial charge in [0.2, 0.25) is 0 Å². The summed E-state index contributed by atoms with van der Waals surface area (Å²) in [5.41, 5.74) is 0.661. The van der Waals surface area contributed by atoms with Crippen LogP contribution in [0.5, 0.6) is 0 Å². The molecule has 1 aliphatic heterocycles. The van der Waals surface area contributed by atoms with Crippen molar-refractivity contribution in [3.8, 4) is 0 Å². The van der Waals surface area contributed by atoms with Crippen LogP contribution in [0.1, 0.15) is 50.4 Å². The highest BCUT2D eigenvalue weighted by Gasteiger charge is 2.31. The van der Waals surface area contributed by atoms with Crippen molar-refractivity contribution in [2.75, 3.05) is 19.8 Å². The highest BCUT2D eigenvalue weighted by atomic mass is 16.5. The fraction of sp³-hybridized carbons (Fsp3) is 0.722. The van der Waals surface area contributed by atoms with Crippen LogP contribution in [0.25, 0.3) is 0 Å². The number of nitrogens with zero attached hydrogens (tertiary/aromatic N) is 1. The van der Waals surface area contributed by atoms with Crippen LogP contribution in [0.3, 0.4) is 0 Å². The molecular formula is C18H28N2O3. The second kappa shape index (κ2) is 6.65. The van der Waals surface area contributed by atoms with Gasteiger partial charge in [0.15, 0.2) is 0 Å².